The van der Waals surface area contributed by atoms with Gasteiger partial charge in [0, 0.05) is 380 Å². The average Bonchev–Trinajstić information content (AvgIpc) is 0.741. The van der Waals surface area contributed by atoms with Crippen LogP contribution in [0.5, 0.6) is 0 Å². The third kappa shape index (κ3) is 86.7. The van der Waals surface area contributed by atoms with Gasteiger partial charge in [-0.3, -0.25) is 49.9 Å². The fourth-order valence-electron chi connectivity index (χ4n) is 14.7. The molecule has 20 nitrogen and oxygen atoms in total. The van der Waals surface area contributed by atoms with Gasteiger partial charge in [-0.05, 0) is 273 Å². The van der Waals surface area contributed by atoms with Crippen molar-refractivity contribution in [3.8, 4) is 0 Å². The third-order valence-electron chi connectivity index (χ3n) is 23.3. The molecule has 0 saturated carbocycles. The molecule has 0 spiro atoms. The molecule has 774 valence electrons. The first-order valence-corrected chi connectivity index (χ1v) is 49.1. The van der Waals surface area contributed by atoms with Gasteiger partial charge >= 0.3 is 0 Å². The predicted octanol–water partition coefficient (Wildman–Crippen LogP) is 25.0. The number of aliphatic hydroxyl groups is 10. The standard InChI is InChI=1S/2C12H25NO.3C11H23NO.3C10H21NO.C9H19NO.C8H17NO.10Sc/c1-7-8-12(14,9(2)3)11(6)13-10(4)5;1-6-8-12(14,9-7-2)11(5)13-10(3)4;1-7-11(13,8(2)3)10(6)12-9(4)5;1-6-8-11(13,9(3)4)10(5)12-7-2;1-5-8-11(13,9-6-2)10(4)12-7-3;1-6-7-10(12,8(2)3)9(4)11-5;1-6-7-10(5,12)9(4)11-8(2)3;1-5-7-10(12,8-6-2)9(3)11-4;1-5-7-9(4,11)8(3)10-6-2;1-5-6-8(3,10)7(2)9-4;;;;;;;;;;/h9-10,14H,7-8H2,1-6H3;10,14H,6-9H2,1-5H3;8-9,13H,7H2,1-6H3;9,13H,6-8H2,1-5H3;13H,5-9H2,1-4H3;2*8,12H,6-7H2,1-5H3;12H,5-8H2,1-4H3;11H,5-7H2,1-4H3;10H,5-6H2,1-4H3;;;;;;;;;;. The maximum absolute atomic E-state index is 10.5. The maximum atomic E-state index is 10.5. The Morgan fingerprint density at radius 3 is 0.597 bits per heavy atom. The zero-order chi connectivity index (χ0) is 100. The van der Waals surface area contributed by atoms with Crippen LogP contribution >= 0.6 is 0 Å². The van der Waals surface area contributed by atoms with Crippen molar-refractivity contribution in [2.75, 3.05) is 40.8 Å². The van der Waals surface area contributed by atoms with Gasteiger partial charge < -0.3 is 51.1 Å². The van der Waals surface area contributed by atoms with E-state index in [1.54, 1.807) is 28.1 Å². The minimum atomic E-state index is -0.718. The molecule has 0 aliphatic carbocycles. The van der Waals surface area contributed by atoms with E-state index in [0.29, 0.717) is 0 Å². The zero-order valence-electron chi connectivity index (χ0n) is 97.1. The SMILES string of the molecule is CCC(O)(C(C)=NC(C)C)C(C)C.CCCC(C)(O)C(C)=NC.CCCC(C)(O)C(C)=NC(C)C.CCCC(C)(O)C(C)=NCC.CCCC(O)(C(C)=NC(C)C)C(C)C.CCCC(O)(C(C)=NC)C(C)C.CCCC(O)(C(C)=NCC)C(C)C.CCCC(O)(CCC)C(C)=NC.CCCC(O)(CCC)C(C)=NC(C)C.CCCC(O)(CCC)C(C)=NCC.[Sc].[Sc].[Sc].[Sc].[Sc].[Sc].[Sc].[Sc].[Sc].[Sc]. The second kappa shape index (κ2) is 105. The summed E-state index contributed by atoms with van der Waals surface area (Å²) >= 11 is 0. The van der Waals surface area contributed by atoms with Crippen molar-refractivity contribution in [2.45, 2.75) is 552 Å². The van der Waals surface area contributed by atoms with E-state index < -0.39 is 56.0 Å². The van der Waals surface area contributed by atoms with Gasteiger partial charge in [-0.1, -0.05) is 222 Å². The van der Waals surface area contributed by atoms with E-state index in [0.717, 1.165) is 237 Å². The second-order valence-electron chi connectivity index (χ2n) is 37.4. The zero-order valence-corrected chi connectivity index (χ0v) is 115. The number of hydrogen-bond acceptors (Lipinski definition) is 20. The summed E-state index contributed by atoms with van der Waals surface area (Å²) in [6.45, 7) is 92.4. The molecule has 0 aliphatic heterocycles. The quantitative estimate of drug-likeness (QED) is 0.0257. The maximum Gasteiger partial charge on any atom is 0.104 e. The van der Waals surface area contributed by atoms with Crippen molar-refractivity contribution in [1.82, 2.24) is 0 Å². The summed E-state index contributed by atoms with van der Waals surface area (Å²) in [5.74, 6) is 0.925. The minimum Gasteiger partial charge on any atom is -0.384 e. The number of rotatable bonds is 46. The topological polar surface area (TPSA) is 326 Å². The third-order valence-corrected chi connectivity index (χ3v) is 23.3. The van der Waals surface area contributed by atoms with Crippen LogP contribution in [-0.2, 0) is 258 Å². The van der Waals surface area contributed by atoms with E-state index in [1.165, 1.54) is 0 Å². The first-order valence-electron chi connectivity index (χ1n) is 49.1. The Balaban J connectivity index is -0.0000000594. The Hall–Kier alpha value is 5.00. The van der Waals surface area contributed by atoms with Gasteiger partial charge in [-0.25, -0.2) is 0 Å². The number of hydrogen-bond donors (Lipinski definition) is 10. The Morgan fingerprint density at radius 2 is 0.381 bits per heavy atom. The summed E-state index contributed by atoms with van der Waals surface area (Å²) in [4.78, 5) is 42.5. The Kier molecular flexibility index (Phi) is 147. The predicted molar refractivity (Wildman–Crippen MR) is 556 cm³/mol. The van der Waals surface area contributed by atoms with Crippen LogP contribution in [-0.4, -0.2) is 229 Å². The Bertz CT molecular complexity index is 2950. The number of nitrogens with zero attached hydrogens (tertiary/aromatic N) is 10. The van der Waals surface area contributed by atoms with Crippen LogP contribution in [0.3, 0.4) is 0 Å². The molecule has 0 aromatic rings. The van der Waals surface area contributed by atoms with Crippen LogP contribution in [0, 0.1) is 23.7 Å². The molecule has 30 heteroatoms. The smallest absolute Gasteiger partial charge is 0.104 e. The van der Waals surface area contributed by atoms with Gasteiger partial charge in [-0.15, -0.1) is 0 Å². The molecule has 0 bridgehead atoms. The van der Waals surface area contributed by atoms with Crippen molar-refractivity contribution in [3.63, 3.8) is 0 Å². The van der Waals surface area contributed by atoms with Crippen LogP contribution in [0.4, 0.5) is 0 Å². The van der Waals surface area contributed by atoms with Crippen molar-refractivity contribution >= 4 is 57.1 Å². The molecule has 10 radical (unpaired) electrons. The largest absolute Gasteiger partial charge is 0.384 e. The van der Waals surface area contributed by atoms with E-state index >= 15 is 0 Å². The molecule has 0 fully saturated rings. The van der Waals surface area contributed by atoms with Gasteiger partial charge in [0.2, 0.25) is 0 Å². The monoisotopic (exact) mass is 2220 g/mol. The van der Waals surface area contributed by atoms with Crippen LogP contribution < -0.4 is 0 Å². The summed E-state index contributed by atoms with van der Waals surface area (Å²) in [5.41, 5.74) is 1.81. The second-order valence-corrected chi connectivity index (χ2v) is 37.4. The fourth-order valence-corrected chi connectivity index (χ4v) is 14.7. The van der Waals surface area contributed by atoms with Crippen molar-refractivity contribution in [2.24, 2.45) is 73.6 Å². The normalized spacial score (nSPS) is 15.4. The molecule has 10 N–H and O–H groups in total. The summed E-state index contributed by atoms with van der Waals surface area (Å²) in [5, 5.41) is 102. The van der Waals surface area contributed by atoms with E-state index in [2.05, 4.69) is 147 Å². The molecule has 0 aliphatic rings. The van der Waals surface area contributed by atoms with Crippen LogP contribution in [0.15, 0.2) is 49.9 Å². The van der Waals surface area contributed by atoms with E-state index in [-0.39, 0.29) is 306 Å². The van der Waals surface area contributed by atoms with Gasteiger partial charge in [0.05, 0.1) is 16.8 Å². The van der Waals surface area contributed by atoms with Crippen molar-refractivity contribution in [3.05, 3.63) is 0 Å². The van der Waals surface area contributed by atoms with Crippen LogP contribution in [0.1, 0.15) is 472 Å². The van der Waals surface area contributed by atoms with Crippen LogP contribution in [0.25, 0.3) is 0 Å². The molecule has 0 aromatic carbocycles. The molecule has 134 heavy (non-hydrogen) atoms. The fraction of sp³-hybridized carbons (Fsp3) is 0.904. The molecule has 7 unspecified atom stereocenters. The van der Waals surface area contributed by atoms with Crippen molar-refractivity contribution in [1.29, 1.82) is 0 Å². The Morgan fingerprint density at radius 1 is 0.201 bits per heavy atom. The molecule has 0 aromatic heterocycles. The molecular formula is C104H218N10O10Sc10. The molecular weight excluding hydrogens is 2000 g/mol. The molecule has 0 amide bonds. The van der Waals surface area contributed by atoms with E-state index in [4.69, 9.17) is 0 Å². The van der Waals surface area contributed by atoms with Gasteiger partial charge in [0.1, 0.15) is 39.2 Å². The van der Waals surface area contributed by atoms with Gasteiger partial charge in [0.15, 0.2) is 0 Å². The Labute approximate surface area is 1020 Å². The minimum absolute atomic E-state index is 0. The molecule has 0 rings (SSSR count). The molecule has 0 saturated heterocycles. The van der Waals surface area contributed by atoms with E-state index in [1.807, 2.05) is 208 Å². The molecule has 0 heterocycles. The van der Waals surface area contributed by atoms with E-state index in [9.17, 15) is 51.1 Å². The van der Waals surface area contributed by atoms with Crippen LogP contribution in [0.2, 0.25) is 0 Å². The van der Waals surface area contributed by atoms with Crippen molar-refractivity contribution < 1.29 is 309 Å². The first-order chi connectivity index (χ1) is 56.8. The summed E-state index contributed by atoms with van der Waals surface area (Å²) in [6.07, 6.45) is 22.4. The summed E-state index contributed by atoms with van der Waals surface area (Å²) < 4.78 is 0. The summed E-state index contributed by atoms with van der Waals surface area (Å²) in [7, 11) is 5.18. The summed E-state index contributed by atoms with van der Waals surface area (Å²) in [6, 6.07) is 1.07. The van der Waals surface area contributed by atoms with Gasteiger partial charge in [0.25, 0.3) is 0 Å². The molecule has 7 atom stereocenters. The van der Waals surface area contributed by atoms with Gasteiger partial charge in [-0.2, -0.15) is 0 Å². The number of aliphatic imine (C=N–C) groups is 10. The first kappa shape index (κ1) is 187. The average molecular weight is 2220 g/mol.